The molecule has 0 saturated heterocycles. The lowest BCUT2D eigenvalue weighted by Gasteiger charge is -2.19. The van der Waals surface area contributed by atoms with Gasteiger partial charge in [-0.15, -0.1) is 0 Å². The fourth-order valence-electron chi connectivity index (χ4n) is 1.94. The van der Waals surface area contributed by atoms with Crippen molar-refractivity contribution in [2.24, 2.45) is 0 Å². The highest BCUT2D eigenvalue weighted by atomic mass is 16.6. The average Bonchev–Trinajstić information content (AvgIpc) is 2.45. The molecular weight excluding hydrogens is 292 g/mol. The van der Waals surface area contributed by atoms with E-state index in [4.69, 9.17) is 10.5 Å². The lowest BCUT2D eigenvalue weighted by Crippen LogP contribution is -2.24. The van der Waals surface area contributed by atoms with E-state index in [2.05, 4.69) is 5.32 Å². The number of amides is 1. The molecule has 0 spiro atoms. The van der Waals surface area contributed by atoms with Crippen LogP contribution in [0.25, 0.3) is 0 Å². The van der Waals surface area contributed by atoms with Crippen LogP contribution in [-0.2, 0) is 4.74 Å². The monoisotopic (exact) mass is 312 g/mol. The van der Waals surface area contributed by atoms with Crippen molar-refractivity contribution >= 4 is 23.3 Å². The minimum atomic E-state index is -0.572. The van der Waals surface area contributed by atoms with E-state index in [1.165, 1.54) is 0 Å². The van der Waals surface area contributed by atoms with Crippen molar-refractivity contribution in [3.05, 3.63) is 59.7 Å². The third-order valence-electron chi connectivity index (χ3n) is 2.90. The number of esters is 1. The zero-order chi connectivity index (χ0) is 17.0. The molecule has 0 aliphatic rings. The van der Waals surface area contributed by atoms with Gasteiger partial charge in [0.2, 0.25) is 0 Å². The van der Waals surface area contributed by atoms with Gasteiger partial charge in [0.15, 0.2) is 0 Å². The first-order valence-electron chi connectivity index (χ1n) is 7.25. The van der Waals surface area contributed by atoms with Crippen LogP contribution in [0, 0.1) is 0 Å². The van der Waals surface area contributed by atoms with Gasteiger partial charge in [0.25, 0.3) is 5.91 Å². The van der Waals surface area contributed by atoms with E-state index in [0.29, 0.717) is 22.5 Å². The maximum atomic E-state index is 12.2. The van der Waals surface area contributed by atoms with E-state index in [0.717, 1.165) is 0 Å². The molecule has 1 amide bonds. The number of carbonyl (C=O) groups is 2. The highest BCUT2D eigenvalue weighted by molar-refractivity contribution is 6.05. The molecule has 5 heteroatoms. The number of nitrogens with one attached hydrogen (secondary N) is 1. The Morgan fingerprint density at radius 2 is 1.65 bits per heavy atom. The molecule has 0 bridgehead atoms. The summed E-state index contributed by atoms with van der Waals surface area (Å²) in [5.74, 6) is -0.726. The Morgan fingerprint density at radius 3 is 2.30 bits per heavy atom. The second kappa shape index (κ2) is 6.52. The first-order valence-corrected chi connectivity index (χ1v) is 7.25. The van der Waals surface area contributed by atoms with Crippen molar-refractivity contribution in [1.82, 2.24) is 0 Å². The molecule has 23 heavy (non-hydrogen) atoms. The maximum Gasteiger partial charge on any atom is 0.338 e. The summed E-state index contributed by atoms with van der Waals surface area (Å²) in [7, 11) is 0. The summed E-state index contributed by atoms with van der Waals surface area (Å²) in [6, 6.07) is 13.3. The van der Waals surface area contributed by atoms with E-state index >= 15 is 0 Å². The van der Waals surface area contributed by atoms with Crippen molar-refractivity contribution in [2.75, 3.05) is 11.1 Å². The number of nitrogen functional groups attached to an aromatic ring is 1. The summed E-state index contributed by atoms with van der Waals surface area (Å²) in [4.78, 5) is 24.3. The minimum Gasteiger partial charge on any atom is -0.456 e. The highest BCUT2D eigenvalue weighted by Gasteiger charge is 2.18. The van der Waals surface area contributed by atoms with Crippen molar-refractivity contribution in [2.45, 2.75) is 26.4 Å². The largest absolute Gasteiger partial charge is 0.456 e. The van der Waals surface area contributed by atoms with Gasteiger partial charge in [-0.25, -0.2) is 4.79 Å². The van der Waals surface area contributed by atoms with Gasteiger partial charge in [0.05, 0.1) is 5.56 Å². The summed E-state index contributed by atoms with van der Waals surface area (Å²) in [5, 5.41) is 2.74. The summed E-state index contributed by atoms with van der Waals surface area (Å²) >= 11 is 0. The van der Waals surface area contributed by atoms with Gasteiger partial charge in [0, 0.05) is 16.9 Å². The average molecular weight is 312 g/mol. The lowest BCUT2D eigenvalue weighted by molar-refractivity contribution is 0.00694. The number of benzene rings is 2. The van der Waals surface area contributed by atoms with Crippen LogP contribution in [0.4, 0.5) is 11.4 Å². The fourth-order valence-corrected chi connectivity index (χ4v) is 1.94. The molecule has 5 nitrogen and oxygen atoms in total. The molecule has 120 valence electrons. The lowest BCUT2D eigenvalue weighted by atomic mass is 10.1. The number of hydrogen-bond donors (Lipinski definition) is 2. The normalized spacial score (nSPS) is 10.9. The SMILES string of the molecule is CC(C)(C)OC(=O)c1cccc(NC(=O)c2cccc(N)c2)c1. The number of carbonyl (C=O) groups excluding carboxylic acids is 2. The minimum absolute atomic E-state index is 0.293. The van der Waals surface area contributed by atoms with Crippen LogP contribution in [0.5, 0.6) is 0 Å². The van der Waals surface area contributed by atoms with E-state index < -0.39 is 11.6 Å². The molecule has 0 aliphatic heterocycles. The molecule has 0 radical (unpaired) electrons. The van der Waals surface area contributed by atoms with Crippen LogP contribution >= 0.6 is 0 Å². The molecule has 0 heterocycles. The molecule has 0 fully saturated rings. The van der Waals surface area contributed by atoms with Gasteiger partial charge in [-0.1, -0.05) is 12.1 Å². The smallest absolute Gasteiger partial charge is 0.338 e. The quantitative estimate of drug-likeness (QED) is 0.671. The Hall–Kier alpha value is -2.82. The molecule has 3 N–H and O–H groups in total. The molecule has 2 aromatic carbocycles. The third kappa shape index (κ3) is 4.85. The van der Waals surface area contributed by atoms with Crippen LogP contribution in [0.3, 0.4) is 0 Å². The second-order valence-electron chi connectivity index (χ2n) is 6.16. The van der Waals surface area contributed by atoms with Crippen LogP contribution in [0.1, 0.15) is 41.5 Å². The van der Waals surface area contributed by atoms with Crippen molar-refractivity contribution in [3.8, 4) is 0 Å². The molecule has 0 unspecified atom stereocenters. The molecule has 0 aliphatic carbocycles. The first-order chi connectivity index (χ1) is 10.7. The van der Waals surface area contributed by atoms with Crippen molar-refractivity contribution < 1.29 is 14.3 Å². The molecule has 2 aromatic rings. The number of rotatable bonds is 3. The van der Waals surface area contributed by atoms with Gasteiger partial charge in [-0.3, -0.25) is 4.79 Å². The summed E-state index contributed by atoms with van der Waals surface area (Å²) in [5.41, 5.74) is 6.96. The van der Waals surface area contributed by atoms with E-state index in [1.807, 2.05) is 0 Å². The van der Waals surface area contributed by atoms with Gasteiger partial charge in [-0.2, -0.15) is 0 Å². The third-order valence-corrected chi connectivity index (χ3v) is 2.90. The first kappa shape index (κ1) is 16.5. The molecule has 2 rings (SSSR count). The fraction of sp³-hybridized carbons (Fsp3) is 0.222. The highest BCUT2D eigenvalue weighted by Crippen LogP contribution is 2.17. The summed E-state index contributed by atoms with van der Waals surface area (Å²) in [6.07, 6.45) is 0. The van der Waals surface area contributed by atoms with Crippen LogP contribution in [-0.4, -0.2) is 17.5 Å². The Bertz CT molecular complexity index is 733. The van der Waals surface area contributed by atoms with Crippen LogP contribution in [0.15, 0.2) is 48.5 Å². The number of nitrogens with two attached hydrogens (primary N) is 1. The Morgan fingerprint density at radius 1 is 1.00 bits per heavy atom. The molecular formula is C18H20N2O3. The number of hydrogen-bond acceptors (Lipinski definition) is 4. The van der Waals surface area contributed by atoms with E-state index in [1.54, 1.807) is 69.3 Å². The Kier molecular flexibility index (Phi) is 4.69. The summed E-state index contributed by atoms with van der Waals surface area (Å²) < 4.78 is 5.32. The zero-order valence-corrected chi connectivity index (χ0v) is 13.4. The Labute approximate surface area is 135 Å². The zero-order valence-electron chi connectivity index (χ0n) is 13.4. The van der Waals surface area contributed by atoms with E-state index in [9.17, 15) is 9.59 Å². The predicted octanol–water partition coefficient (Wildman–Crippen LogP) is 3.48. The second-order valence-corrected chi connectivity index (χ2v) is 6.16. The van der Waals surface area contributed by atoms with Gasteiger partial charge in [-0.05, 0) is 57.2 Å². The van der Waals surface area contributed by atoms with E-state index in [-0.39, 0.29) is 5.91 Å². The predicted molar refractivity (Wildman–Crippen MR) is 90.4 cm³/mol. The molecule has 0 saturated carbocycles. The maximum absolute atomic E-state index is 12.2. The standard InChI is InChI=1S/C18H20N2O3/c1-18(2,3)23-17(22)13-7-5-9-15(11-13)20-16(21)12-6-4-8-14(19)10-12/h4-11H,19H2,1-3H3,(H,20,21). The van der Waals surface area contributed by atoms with Gasteiger partial charge < -0.3 is 15.8 Å². The van der Waals surface area contributed by atoms with Gasteiger partial charge in [0.1, 0.15) is 5.60 Å². The summed E-state index contributed by atoms with van der Waals surface area (Å²) in [6.45, 7) is 5.41. The Balaban J connectivity index is 2.14. The number of anilines is 2. The topological polar surface area (TPSA) is 81.4 Å². The number of ether oxygens (including phenoxy) is 1. The van der Waals surface area contributed by atoms with Crippen LogP contribution < -0.4 is 11.1 Å². The molecule has 0 atom stereocenters. The van der Waals surface area contributed by atoms with Gasteiger partial charge >= 0.3 is 5.97 Å². The van der Waals surface area contributed by atoms with Crippen molar-refractivity contribution in [1.29, 1.82) is 0 Å². The van der Waals surface area contributed by atoms with Crippen LogP contribution in [0.2, 0.25) is 0 Å². The molecule has 0 aromatic heterocycles. The van der Waals surface area contributed by atoms with Crippen molar-refractivity contribution in [3.63, 3.8) is 0 Å².